The summed E-state index contributed by atoms with van der Waals surface area (Å²) >= 11 is 9.49. The molecular weight excluding hydrogens is 565 g/mol. The van der Waals surface area contributed by atoms with Crippen LogP contribution in [0.3, 0.4) is 0 Å². The number of nitrogens with two attached hydrogens (primary N) is 1. The topological polar surface area (TPSA) is 125 Å². The van der Waals surface area contributed by atoms with Crippen molar-refractivity contribution in [2.45, 2.75) is 63.1 Å². The van der Waals surface area contributed by atoms with Gasteiger partial charge in [0.25, 0.3) is 0 Å². The molecule has 1 amide bonds. The minimum absolute atomic E-state index is 0.121. The predicted octanol–water partition coefficient (Wildman–Crippen LogP) is 4.34. The number of nitriles is 1. The number of halogens is 3. The maximum absolute atomic E-state index is 15.5. The van der Waals surface area contributed by atoms with Gasteiger partial charge < -0.3 is 15.6 Å². The van der Waals surface area contributed by atoms with Crippen molar-refractivity contribution in [3.8, 4) is 6.07 Å². The van der Waals surface area contributed by atoms with Crippen LogP contribution >= 0.6 is 27.5 Å². The highest BCUT2D eigenvalue weighted by Gasteiger charge is 2.61. The van der Waals surface area contributed by atoms with Crippen LogP contribution in [0.1, 0.15) is 50.7 Å². The van der Waals surface area contributed by atoms with Crippen molar-refractivity contribution in [1.29, 1.82) is 5.26 Å². The Labute approximate surface area is 229 Å². The number of benzene rings is 2. The van der Waals surface area contributed by atoms with Gasteiger partial charge in [-0.3, -0.25) is 14.9 Å². The Kier molecular flexibility index (Phi) is 9.01. The first-order valence-electron chi connectivity index (χ1n) is 11.8. The average Bonchev–Trinajstić information content (AvgIpc) is 3.10. The Hall–Kier alpha value is -2.51. The van der Waals surface area contributed by atoms with Crippen LogP contribution in [0.15, 0.2) is 46.9 Å². The molecule has 5 atom stereocenters. The summed E-state index contributed by atoms with van der Waals surface area (Å²) in [6.45, 7) is 5.53. The monoisotopic (exact) mass is 593 g/mol. The van der Waals surface area contributed by atoms with Crippen molar-refractivity contribution in [2.75, 3.05) is 6.61 Å². The Bertz CT molecular complexity index is 1210. The van der Waals surface area contributed by atoms with Crippen LogP contribution in [0.5, 0.6) is 0 Å². The number of nitrogens with one attached hydrogen (secondary N) is 1. The van der Waals surface area contributed by atoms with Crippen molar-refractivity contribution in [1.82, 2.24) is 5.32 Å². The zero-order valence-corrected chi connectivity index (χ0v) is 23.1. The molecule has 2 aromatic carbocycles. The molecule has 37 heavy (non-hydrogen) atoms. The van der Waals surface area contributed by atoms with Crippen LogP contribution < -0.4 is 11.1 Å². The highest BCUT2D eigenvalue weighted by Crippen LogP contribution is 2.52. The van der Waals surface area contributed by atoms with E-state index in [4.69, 9.17) is 22.1 Å². The Morgan fingerprint density at radius 3 is 2.59 bits per heavy atom. The third-order valence-corrected chi connectivity index (χ3v) is 7.18. The number of aliphatic hydroxyl groups excluding tert-OH is 1. The van der Waals surface area contributed by atoms with Gasteiger partial charge in [0.1, 0.15) is 23.9 Å². The lowest BCUT2D eigenvalue weighted by molar-refractivity contribution is -0.150. The third kappa shape index (κ3) is 6.50. The average molecular weight is 595 g/mol. The Morgan fingerprint density at radius 2 is 2.03 bits per heavy atom. The van der Waals surface area contributed by atoms with Crippen molar-refractivity contribution >= 4 is 39.4 Å². The first kappa shape index (κ1) is 29.1. The molecule has 0 saturated carbocycles. The summed E-state index contributed by atoms with van der Waals surface area (Å²) in [5.41, 5.74) is 4.05. The first-order chi connectivity index (χ1) is 17.3. The van der Waals surface area contributed by atoms with Gasteiger partial charge >= 0.3 is 5.97 Å². The van der Waals surface area contributed by atoms with Gasteiger partial charge in [0.05, 0.1) is 18.6 Å². The van der Waals surface area contributed by atoms with Crippen LogP contribution in [0, 0.1) is 22.6 Å². The van der Waals surface area contributed by atoms with Crippen LogP contribution in [0.2, 0.25) is 5.02 Å². The van der Waals surface area contributed by atoms with Crippen molar-refractivity contribution < 1.29 is 23.8 Å². The number of aliphatic hydroxyl groups is 1. The highest BCUT2D eigenvalue weighted by atomic mass is 79.9. The quantitative estimate of drug-likeness (QED) is 0.391. The van der Waals surface area contributed by atoms with Crippen LogP contribution in [0.4, 0.5) is 4.39 Å². The predicted molar refractivity (Wildman–Crippen MR) is 141 cm³/mol. The van der Waals surface area contributed by atoms with Gasteiger partial charge in [0, 0.05) is 27.0 Å². The summed E-state index contributed by atoms with van der Waals surface area (Å²) in [6, 6.07) is 12.0. The van der Waals surface area contributed by atoms with Gasteiger partial charge in [-0.05, 0) is 41.7 Å². The number of amides is 1. The molecule has 0 spiro atoms. The van der Waals surface area contributed by atoms with E-state index < -0.39 is 53.8 Å². The van der Waals surface area contributed by atoms with Crippen molar-refractivity contribution in [3.05, 3.63) is 68.9 Å². The summed E-state index contributed by atoms with van der Waals surface area (Å²) in [5.74, 6) is -2.99. The van der Waals surface area contributed by atoms with Gasteiger partial charge in [-0.1, -0.05) is 66.5 Å². The number of nitrogens with zero attached hydrogens (tertiary/aromatic N) is 1. The smallest absolute Gasteiger partial charge is 0.323 e. The number of carbonyl (C=O) groups is 2. The van der Waals surface area contributed by atoms with Gasteiger partial charge in [-0.2, -0.15) is 5.26 Å². The maximum atomic E-state index is 15.5. The zero-order chi connectivity index (χ0) is 27.5. The number of ether oxygens (including phenoxy) is 1. The molecule has 1 saturated heterocycles. The molecular formula is C27H30BrClFN3O4. The largest absolute Gasteiger partial charge is 0.462 e. The number of esters is 1. The molecule has 198 valence electrons. The van der Waals surface area contributed by atoms with E-state index in [-0.39, 0.29) is 22.4 Å². The summed E-state index contributed by atoms with van der Waals surface area (Å²) < 4.78 is 21.6. The molecule has 10 heteroatoms. The molecule has 0 bridgehead atoms. The lowest BCUT2D eigenvalue weighted by atomic mass is 9.63. The molecule has 1 heterocycles. The standard InChI is InChI=1S/C27H30BrClFN3O4/c1-26(2,3)12-21-27(14-31,19-8-7-17(29)10-20(19)30)23(15-5-4-6-16(28)9-15)24(33-21)25(36)37-13-18(34)11-22(32)35/h4-10,18,21,23-24,33-34H,11-13H2,1-3H3,(H2,32,35)/t18-,21-,23-,24+,27-/m0/s1. The lowest BCUT2D eigenvalue weighted by Gasteiger charge is -2.37. The summed E-state index contributed by atoms with van der Waals surface area (Å²) in [6.07, 6.45) is -1.21. The van der Waals surface area contributed by atoms with E-state index in [0.717, 1.165) is 10.5 Å². The minimum Gasteiger partial charge on any atom is -0.462 e. The molecule has 0 aliphatic carbocycles. The Morgan fingerprint density at radius 1 is 1.32 bits per heavy atom. The number of hydrogen-bond donors (Lipinski definition) is 3. The van der Waals surface area contributed by atoms with Crippen molar-refractivity contribution in [3.63, 3.8) is 0 Å². The molecule has 0 radical (unpaired) electrons. The molecule has 1 aliphatic rings. The van der Waals surface area contributed by atoms with E-state index in [9.17, 15) is 20.0 Å². The van der Waals surface area contributed by atoms with Gasteiger partial charge in [-0.25, -0.2) is 4.39 Å². The molecule has 3 rings (SSSR count). The van der Waals surface area contributed by atoms with E-state index in [2.05, 4.69) is 27.3 Å². The van der Waals surface area contributed by atoms with E-state index in [1.165, 1.54) is 12.1 Å². The normalized spacial score (nSPS) is 24.3. The number of rotatable bonds is 8. The van der Waals surface area contributed by atoms with Crippen LogP contribution in [0.25, 0.3) is 0 Å². The summed E-state index contributed by atoms with van der Waals surface area (Å²) in [7, 11) is 0. The fraction of sp³-hybridized carbons (Fsp3) is 0.444. The van der Waals surface area contributed by atoms with Crippen LogP contribution in [-0.2, 0) is 19.7 Å². The molecule has 2 aromatic rings. The second kappa shape index (κ2) is 11.5. The van der Waals surface area contributed by atoms with Gasteiger partial charge in [0.15, 0.2) is 0 Å². The van der Waals surface area contributed by atoms with Crippen molar-refractivity contribution in [2.24, 2.45) is 11.1 Å². The second-order valence-electron chi connectivity index (χ2n) is 10.6. The van der Waals surface area contributed by atoms with E-state index >= 15 is 4.39 Å². The molecule has 0 unspecified atom stereocenters. The maximum Gasteiger partial charge on any atom is 0.323 e. The van der Waals surface area contributed by atoms with E-state index in [0.29, 0.717) is 12.0 Å². The van der Waals surface area contributed by atoms with E-state index in [1.54, 1.807) is 18.2 Å². The third-order valence-electron chi connectivity index (χ3n) is 6.45. The highest BCUT2D eigenvalue weighted by molar-refractivity contribution is 9.10. The first-order valence-corrected chi connectivity index (χ1v) is 13.0. The Balaban J connectivity index is 2.18. The fourth-order valence-electron chi connectivity index (χ4n) is 5.06. The van der Waals surface area contributed by atoms with Gasteiger partial charge in [0.2, 0.25) is 5.91 Å². The van der Waals surface area contributed by atoms with Gasteiger partial charge in [-0.15, -0.1) is 0 Å². The number of hydrogen-bond acceptors (Lipinski definition) is 6. The lowest BCUT2D eigenvalue weighted by Crippen LogP contribution is -2.44. The number of primary amides is 1. The molecule has 7 nitrogen and oxygen atoms in total. The summed E-state index contributed by atoms with van der Waals surface area (Å²) in [4.78, 5) is 24.6. The van der Waals surface area contributed by atoms with E-state index in [1.807, 2.05) is 26.8 Å². The van der Waals surface area contributed by atoms with Crippen LogP contribution in [-0.4, -0.2) is 41.8 Å². The molecule has 0 aromatic heterocycles. The minimum atomic E-state index is -1.52. The molecule has 4 N–H and O–H groups in total. The molecule has 1 aliphatic heterocycles. The summed E-state index contributed by atoms with van der Waals surface area (Å²) in [5, 5.41) is 24.3. The fourth-order valence-corrected chi connectivity index (χ4v) is 5.64. The number of carbonyl (C=O) groups excluding carboxylic acids is 2. The second-order valence-corrected chi connectivity index (χ2v) is 11.9. The SMILES string of the molecule is CC(C)(C)C[C@@H]1N[C@@H](C(=O)OC[C@@H](O)CC(N)=O)[C@H](c2cccc(Br)c2)[C@@]1(C#N)c1ccc(Cl)cc1F. The zero-order valence-electron chi connectivity index (χ0n) is 20.8. The molecule has 1 fully saturated rings.